The highest BCUT2D eigenvalue weighted by atomic mass is 79.9. The summed E-state index contributed by atoms with van der Waals surface area (Å²) in [6, 6.07) is 1.65. The molecule has 0 aliphatic heterocycles. The van der Waals surface area contributed by atoms with Crippen molar-refractivity contribution in [3.05, 3.63) is 20.8 Å². The first kappa shape index (κ1) is 12.7. The van der Waals surface area contributed by atoms with Gasteiger partial charge in [0.1, 0.15) is 6.04 Å². The second-order valence-corrected chi connectivity index (χ2v) is 5.14. The Kier molecular flexibility index (Phi) is 4.76. The predicted octanol–water partition coefficient (Wildman–Crippen LogP) is 2.68. The van der Waals surface area contributed by atoms with Gasteiger partial charge in [-0.05, 0) is 43.0 Å². The highest BCUT2D eigenvalue weighted by Crippen LogP contribution is 2.29. The maximum absolute atomic E-state index is 11.7. The van der Waals surface area contributed by atoms with Gasteiger partial charge in [-0.15, -0.1) is 11.3 Å². The van der Waals surface area contributed by atoms with E-state index in [-0.39, 0.29) is 12.0 Å². The number of esters is 1. The van der Waals surface area contributed by atoms with E-state index < -0.39 is 0 Å². The minimum Gasteiger partial charge on any atom is -0.465 e. The number of thiophene rings is 1. The van der Waals surface area contributed by atoms with E-state index in [1.165, 1.54) is 0 Å². The van der Waals surface area contributed by atoms with Crippen molar-refractivity contribution in [1.29, 1.82) is 0 Å². The number of carbonyl (C=O) groups is 1. The van der Waals surface area contributed by atoms with Crippen LogP contribution in [0, 0.1) is 0 Å². The number of likely N-dealkylation sites (N-methyl/N-ethyl adjacent to an activating group) is 1. The molecular weight excluding hydrogens is 278 g/mol. The Hall–Kier alpha value is -0.390. The van der Waals surface area contributed by atoms with Gasteiger partial charge in [-0.3, -0.25) is 4.90 Å². The molecule has 3 nitrogen and oxygen atoms in total. The van der Waals surface area contributed by atoms with E-state index in [2.05, 4.69) is 15.9 Å². The lowest BCUT2D eigenvalue weighted by Gasteiger charge is -2.20. The van der Waals surface area contributed by atoms with Gasteiger partial charge >= 0.3 is 5.97 Å². The van der Waals surface area contributed by atoms with Gasteiger partial charge in [-0.2, -0.15) is 0 Å². The van der Waals surface area contributed by atoms with Crippen molar-refractivity contribution < 1.29 is 9.53 Å². The lowest BCUT2D eigenvalue weighted by molar-refractivity contribution is -0.148. The Bertz CT molecular complexity index is 338. The van der Waals surface area contributed by atoms with Gasteiger partial charge in [0.05, 0.1) is 6.61 Å². The van der Waals surface area contributed by atoms with Gasteiger partial charge in [0.25, 0.3) is 0 Å². The van der Waals surface area contributed by atoms with Gasteiger partial charge in [-0.1, -0.05) is 0 Å². The number of carbonyl (C=O) groups excluding carboxylic acids is 1. The minimum absolute atomic E-state index is 0.197. The summed E-state index contributed by atoms with van der Waals surface area (Å²) < 4.78 is 6.04. The third-order valence-electron chi connectivity index (χ3n) is 1.88. The van der Waals surface area contributed by atoms with Crippen LogP contribution >= 0.6 is 27.3 Å². The smallest absolute Gasteiger partial charge is 0.328 e. The second kappa shape index (κ2) is 5.63. The molecule has 1 unspecified atom stereocenters. The van der Waals surface area contributed by atoms with Crippen LogP contribution in [0.15, 0.2) is 15.9 Å². The van der Waals surface area contributed by atoms with E-state index in [1.807, 2.05) is 37.4 Å². The van der Waals surface area contributed by atoms with Crippen LogP contribution in [0.3, 0.4) is 0 Å². The minimum atomic E-state index is -0.304. The number of rotatable bonds is 4. The maximum atomic E-state index is 11.7. The van der Waals surface area contributed by atoms with Crippen molar-refractivity contribution in [2.45, 2.75) is 13.0 Å². The van der Waals surface area contributed by atoms with E-state index in [9.17, 15) is 4.79 Å². The van der Waals surface area contributed by atoms with Gasteiger partial charge in [0.2, 0.25) is 0 Å². The molecule has 0 fully saturated rings. The summed E-state index contributed by atoms with van der Waals surface area (Å²) in [5.74, 6) is -0.197. The van der Waals surface area contributed by atoms with Crippen LogP contribution in [0.25, 0.3) is 0 Å². The summed E-state index contributed by atoms with van der Waals surface area (Å²) in [5, 5.41) is 1.96. The van der Waals surface area contributed by atoms with Crippen molar-refractivity contribution in [3.63, 3.8) is 0 Å². The fourth-order valence-corrected chi connectivity index (χ4v) is 2.90. The van der Waals surface area contributed by atoms with Crippen molar-refractivity contribution in [2.24, 2.45) is 0 Å². The summed E-state index contributed by atoms with van der Waals surface area (Å²) in [7, 11) is 3.74. The molecule has 1 atom stereocenters. The number of halogens is 1. The number of nitrogens with zero attached hydrogens (tertiary/aromatic N) is 1. The van der Waals surface area contributed by atoms with Crippen LogP contribution in [0.2, 0.25) is 0 Å². The molecule has 15 heavy (non-hydrogen) atoms. The molecule has 0 N–H and O–H groups in total. The summed E-state index contributed by atoms with van der Waals surface area (Å²) in [5.41, 5.74) is 0. The van der Waals surface area contributed by atoms with Crippen LogP contribution in [0.1, 0.15) is 17.8 Å². The highest BCUT2D eigenvalue weighted by Gasteiger charge is 2.25. The van der Waals surface area contributed by atoms with E-state index in [0.29, 0.717) is 6.61 Å². The van der Waals surface area contributed by atoms with Crippen LogP contribution in [0.4, 0.5) is 0 Å². The molecule has 0 bridgehead atoms. The SMILES string of the molecule is CCOC(=O)C(c1cc(Br)cs1)N(C)C. The molecule has 0 radical (unpaired) electrons. The maximum Gasteiger partial charge on any atom is 0.328 e. The van der Waals surface area contributed by atoms with E-state index >= 15 is 0 Å². The zero-order chi connectivity index (χ0) is 11.4. The first-order valence-electron chi connectivity index (χ1n) is 4.63. The molecule has 0 saturated heterocycles. The molecule has 0 saturated carbocycles. The monoisotopic (exact) mass is 291 g/mol. The average Bonchev–Trinajstić information content (AvgIpc) is 2.51. The Morgan fingerprint density at radius 1 is 1.67 bits per heavy atom. The first-order chi connectivity index (χ1) is 7.06. The molecule has 0 aliphatic carbocycles. The van der Waals surface area contributed by atoms with Crippen molar-refractivity contribution in [2.75, 3.05) is 20.7 Å². The average molecular weight is 292 g/mol. The Morgan fingerprint density at radius 2 is 2.33 bits per heavy atom. The van der Waals surface area contributed by atoms with Crippen LogP contribution < -0.4 is 0 Å². The molecular formula is C10H14BrNO2S. The third-order valence-corrected chi connectivity index (χ3v) is 3.63. The molecule has 0 amide bonds. The zero-order valence-electron chi connectivity index (χ0n) is 8.99. The van der Waals surface area contributed by atoms with E-state index in [1.54, 1.807) is 11.3 Å². The van der Waals surface area contributed by atoms with Crippen LogP contribution in [0.5, 0.6) is 0 Å². The molecule has 1 heterocycles. The molecule has 84 valence electrons. The molecule has 1 aromatic rings. The molecule has 1 aromatic heterocycles. The van der Waals surface area contributed by atoms with Crippen LogP contribution in [-0.2, 0) is 9.53 Å². The highest BCUT2D eigenvalue weighted by molar-refractivity contribution is 9.10. The van der Waals surface area contributed by atoms with Gasteiger partial charge < -0.3 is 4.74 Å². The first-order valence-corrected chi connectivity index (χ1v) is 6.30. The molecule has 1 rings (SSSR count). The lowest BCUT2D eigenvalue weighted by atomic mass is 10.2. The standard InChI is InChI=1S/C10H14BrNO2S/c1-4-14-10(13)9(12(2)3)8-5-7(11)6-15-8/h5-6,9H,4H2,1-3H3. The molecule has 5 heteroatoms. The van der Waals surface area contributed by atoms with Gasteiger partial charge in [-0.25, -0.2) is 4.79 Å². The van der Waals surface area contributed by atoms with E-state index in [4.69, 9.17) is 4.74 Å². The predicted molar refractivity (Wildman–Crippen MR) is 65.1 cm³/mol. The van der Waals surface area contributed by atoms with Gasteiger partial charge in [0.15, 0.2) is 0 Å². The summed E-state index contributed by atoms with van der Waals surface area (Å²) in [6.45, 7) is 2.23. The number of ether oxygens (including phenoxy) is 1. The third kappa shape index (κ3) is 3.29. The summed E-state index contributed by atoms with van der Waals surface area (Å²) in [4.78, 5) is 14.6. The topological polar surface area (TPSA) is 29.5 Å². The Morgan fingerprint density at radius 3 is 2.73 bits per heavy atom. The number of hydrogen-bond acceptors (Lipinski definition) is 4. The fourth-order valence-electron chi connectivity index (χ4n) is 1.27. The van der Waals surface area contributed by atoms with Crippen molar-refractivity contribution in [3.8, 4) is 0 Å². The lowest BCUT2D eigenvalue weighted by Crippen LogP contribution is -2.28. The Labute approximate surface area is 102 Å². The summed E-state index contributed by atoms with van der Waals surface area (Å²) in [6.07, 6.45) is 0. The molecule has 0 aliphatic rings. The second-order valence-electron chi connectivity index (χ2n) is 3.29. The Balaban J connectivity index is 2.88. The van der Waals surface area contributed by atoms with Crippen molar-refractivity contribution in [1.82, 2.24) is 4.90 Å². The van der Waals surface area contributed by atoms with Crippen molar-refractivity contribution >= 4 is 33.2 Å². The molecule has 0 aromatic carbocycles. The summed E-state index contributed by atoms with van der Waals surface area (Å²) >= 11 is 4.93. The van der Waals surface area contributed by atoms with E-state index in [0.717, 1.165) is 9.35 Å². The largest absolute Gasteiger partial charge is 0.465 e. The fraction of sp³-hybridized carbons (Fsp3) is 0.500. The van der Waals surface area contributed by atoms with Gasteiger partial charge in [0, 0.05) is 14.7 Å². The van der Waals surface area contributed by atoms with Crippen LogP contribution in [-0.4, -0.2) is 31.6 Å². The zero-order valence-corrected chi connectivity index (χ0v) is 11.4. The number of hydrogen-bond donors (Lipinski definition) is 0. The normalized spacial score (nSPS) is 12.9. The quantitative estimate of drug-likeness (QED) is 0.799. The molecule has 0 spiro atoms.